The predicted octanol–water partition coefficient (Wildman–Crippen LogP) is 3.21. The molecule has 5 nitrogen and oxygen atoms in total. The summed E-state index contributed by atoms with van der Waals surface area (Å²) in [6.07, 6.45) is 2.08. The Morgan fingerprint density at radius 1 is 1.39 bits per heavy atom. The average Bonchev–Trinajstić information content (AvgIpc) is 2.54. The third-order valence-electron chi connectivity index (χ3n) is 4.07. The van der Waals surface area contributed by atoms with Crippen LogP contribution in [-0.2, 0) is 9.59 Å². The maximum atomic E-state index is 12.5. The first kappa shape index (κ1) is 17.6. The van der Waals surface area contributed by atoms with E-state index in [4.69, 9.17) is 21.4 Å². The van der Waals surface area contributed by atoms with Gasteiger partial charge in [0.1, 0.15) is 5.75 Å². The molecular weight excluding hydrogens is 318 g/mol. The molecule has 0 saturated carbocycles. The molecule has 0 spiro atoms. The van der Waals surface area contributed by atoms with Crippen LogP contribution in [0.5, 0.6) is 5.75 Å². The average molecular weight is 340 g/mol. The van der Waals surface area contributed by atoms with Gasteiger partial charge in [-0.2, -0.15) is 0 Å². The van der Waals surface area contributed by atoms with Crippen LogP contribution in [0, 0.1) is 5.92 Å². The highest BCUT2D eigenvalue weighted by Crippen LogP contribution is 2.23. The predicted molar refractivity (Wildman–Crippen MR) is 87.7 cm³/mol. The fraction of sp³-hybridized carbons (Fsp3) is 0.529. The largest absolute Gasteiger partial charge is 0.481 e. The number of piperidine rings is 1. The number of carboxylic acids is 1. The van der Waals surface area contributed by atoms with E-state index in [1.165, 1.54) is 0 Å². The number of carbonyl (C=O) groups excluding carboxylic acids is 1. The highest BCUT2D eigenvalue weighted by molar-refractivity contribution is 6.30. The third-order valence-corrected chi connectivity index (χ3v) is 4.32. The third kappa shape index (κ3) is 5.43. The van der Waals surface area contributed by atoms with Crippen molar-refractivity contribution >= 4 is 23.5 Å². The zero-order chi connectivity index (χ0) is 16.8. The van der Waals surface area contributed by atoms with Gasteiger partial charge in [0, 0.05) is 24.5 Å². The number of rotatable bonds is 6. The van der Waals surface area contributed by atoms with Gasteiger partial charge < -0.3 is 14.7 Å². The van der Waals surface area contributed by atoms with Gasteiger partial charge in [0.25, 0.3) is 5.91 Å². The normalized spacial score (nSPS) is 19.2. The van der Waals surface area contributed by atoms with Gasteiger partial charge in [-0.15, -0.1) is 0 Å². The van der Waals surface area contributed by atoms with Gasteiger partial charge >= 0.3 is 5.97 Å². The van der Waals surface area contributed by atoms with Gasteiger partial charge in [0.05, 0.1) is 0 Å². The topological polar surface area (TPSA) is 66.8 Å². The van der Waals surface area contributed by atoms with E-state index in [1.807, 2.05) is 0 Å². The maximum absolute atomic E-state index is 12.5. The van der Waals surface area contributed by atoms with Crippen molar-refractivity contribution in [2.24, 2.45) is 5.92 Å². The van der Waals surface area contributed by atoms with Gasteiger partial charge in [-0.3, -0.25) is 9.59 Å². The molecule has 2 rings (SSSR count). The summed E-state index contributed by atoms with van der Waals surface area (Å²) in [7, 11) is 0. The Morgan fingerprint density at radius 3 is 2.74 bits per heavy atom. The molecule has 0 bridgehead atoms. The number of ether oxygens (including phenoxy) is 1. The van der Waals surface area contributed by atoms with Crippen LogP contribution in [0.25, 0.3) is 0 Å². The standard InChI is InChI=1S/C17H22ClNO4/c1-12(23-15-7-5-14(18)6-8-15)17(22)19-10-2-3-13(11-19)4-9-16(20)21/h5-8,12-13H,2-4,9-11H2,1H3,(H,20,21)/t12-,13-/m1/s1. The molecule has 0 radical (unpaired) electrons. The van der Waals surface area contributed by atoms with E-state index >= 15 is 0 Å². The number of benzene rings is 1. The van der Waals surface area contributed by atoms with Gasteiger partial charge in [0.2, 0.25) is 0 Å². The van der Waals surface area contributed by atoms with Gasteiger partial charge in [0.15, 0.2) is 6.10 Å². The minimum Gasteiger partial charge on any atom is -0.481 e. The summed E-state index contributed by atoms with van der Waals surface area (Å²) >= 11 is 5.83. The van der Waals surface area contributed by atoms with Crippen LogP contribution in [0.3, 0.4) is 0 Å². The Hall–Kier alpha value is -1.75. The molecule has 0 aromatic heterocycles. The Balaban J connectivity index is 1.87. The molecule has 1 aromatic carbocycles. The highest BCUT2D eigenvalue weighted by atomic mass is 35.5. The first-order valence-corrected chi connectivity index (χ1v) is 8.26. The van der Waals surface area contributed by atoms with E-state index in [0.29, 0.717) is 30.3 Å². The van der Waals surface area contributed by atoms with Gasteiger partial charge in [-0.1, -0.05) is 11.6 Å². The van der Waals surface area contributed by atoms with Gasteiger partial charge in [-0.25, -0.2) is 0 Å². The Labute approximate surface area is 141 Å². The SMILES string of the molecule is C[C@@H](Oc1ccc(Cl)cc1)C(=O)N1CCC[C@H](CCC(=O)O)C1. The second-order valence-corrected chi connectivity index (χ2v) is 6.38. The van der Waals surface area contributed by atoms with Crippen molar-refractivity contribution in [1.29, 1.82) is 0 Å². The summed E-state index contributed by atoms with van der Waals surface area (Å²) in [5.41, 5.74) is 0. The fourth-order valence-electron chi connectivity index (χ4n) is 2.85. The van der Waals surface area contributed by atoms with E-state index in [1.54, 1.807) is 36.1 Å². The number of nitrogens with zero attached hydrogens (tertiary/aromatic N) is 1. The zero-order valence-corrected chi connectivity index (χ0v) is 14.0. The Morgan fingerprint density at radius 2 is 2.09 bits per heavy atom. The van der Waals surface area contributed by atoms with Crippen LogP contribution >= 0.6 is 11.6 Å². The lowest BCUT2D eigenvalue weighted by molar-refractivity contribution is -0.140. The summed E-state index contributed by atoms with van der Waals surface area (Å²) in [5.74, 6) is 0.0223. The molecule has 23 heavy (non-hydrogen) atoms. The number of carbonyl (C=O) groups is 2. The smallest absolute Gasteiger partial charge is 0.303 e. The molecule has 1 aliphatic rings. The molecule has 1 amide bonds. The van der Waals surface area contributed by atoms with E-state index in [-0.39, 0.29) is 18.2 Å². The molecule has 1 aliphatic heterocycles. The lowest BCUT2D eigenvalue weighted by Gasteiger charge is -2.34. The molecule has 0 aliphatic carbocycles. The van der Waals surface area contributed by atoms with Crippen LogP contribution in [0.15, 0.2) is 24.3 Å². The van der Waals surface area contributed by atoms with E-state index < -0.39 is 12.1 Å². The second-order valence-electron chi connectivity index (χ2n) is 5.94. The van der Waals surface area contributed by atoms with Crippen molar-refractivity contribution in [3.63, 3.8) is 0 Å². The molecular formula is C17H22ClNO4. The van der Waals surface area contributed by atoms with Crippen molar-refractivity contribution in [2.45, 2.75) is 38.7 Å². The lowest BCUT2D eigenvalue weighted by atomic mass is 9.93. The number of likely N-dealkylation sites (tertiary alicyclic amines) is 1. The number of aliphatic carboxylic acids is 1. The van der Waals surface area contributed by atoms with Crippen molar-refractivity contribution in [2.75, 3.05) is 13.1 Å². The number of amides is 1. The molecule has 6 heteroatoms. The summed E-state index contributed by atoms with van der Waals surface area (Å²) < 4.78 is 5.67. The number of hydrogen-bond acceptors (Lipinski definition) is 3. The summed E-state index contributed by atoms with van der Waals surface area (Å²) in [6, 6.07) is 6.91. The molecule has 126 valence electrons. The molecule has 1 fully saturated rings. The molecule has 2 atom stereocenters. The molecule has 1 saturated heterocycles. The molecule has 1 N–H and O–H groups in total. The first-order valence-electron chi connectivity index (χ1n) is 7.88. The van der Waals surface area contributed by atoms with Crippen molar-refractivity contribution in [3.05, 3.63) is 29.3 Å². The van der Waals surface area contributed by atoms with Crippen molar-refractivity contribution < 1.29 is 19.4 Å². The van der Waals surface area contributed by atoms with E-state index in [0.717, 1.165) is 12.8 Å². The summed E-state index contributed by atoms with van der Waals surface area (Å²) in [6.45, 7) is 3.05. The number of carboxylic acid groups (broad SMARTS) is 1. The molecule has 1 aromatic rings. The second kappa shape index (κ2) is 8.20. The van der Waals surface area contributed by atoms with Crippen LogP contribution in [0.2, 0.25) is 5.02 Å². The Kier molecular flexibility index (Phi) is 6.28. The van der Waals surface area contributed by atoms with Crippen LogP contribution in [0.1, 0.15) is 32.6 Å². The van der Waals surface area contributed by atoms with Crippen LogP contribution in [-0.4, -0.2) is 41.1 Å². The lowest BCUT2D eigenvalue weighted by Crippen LogP contribution is -2.45. The van der Waals surface area contributed by atoms with Crippen molar-refractivity contribution in [3.8, 4) is 5.75 Å². The maximum Gasteiger partial charge on any atom is 0.303 e. The molecule has 0 unspecified atom stereocenters. The van der Waals surface area contributed by atoms with Crippen LogP contribution < -0.4 is 4.74 Å². The summed E-state index contributed by atoms with van der Waals surface area (Å²) in [5, 5.41) is 9.40. The van der Waals surface area contributed by atoms with Crippen molar-refractivity contribution in [1.82, 2.24) is 4.90 Å². The first-order chi connectivity index (χ1) is 11.0. The minimum absolute atomic E-state index is 0.0556. The number of hydrogen-bond donors (Lipinski definition) is 1. The minimum atomic E-state index is -0.784. The Bertz CT molecular complexity index is 546. The quantitative estimate of drug-likeness (QED) is 0.864. The van der Waals surface area contributed by atoms with E-state index in [9.17, 15) is 9.59 Å². The van der Waals surface area contributed by atoms with Crippen LogP contribution in [0.4, 0.5) is 0 Å². The van der Waals surface area contributed by atoms with E-state index in [2.05, 4.69) is 0 Å². The zero-order valence-electron chi connectivity index (χ0n) is 13.2. The summed E-state index contributed by atoms with van der Waals surface area (Å²) in [4.78, 5) is 25.0. The fourth-order valence-corrected chi connectivity index (χ4v) is 2.98. The van der Waals surface area contributed by atoms with Gasteiger partial charge in [-0.05, 0) is 56.4 Å². The monoisotopic (exact) mass is 339 g/mol. The highest BCUT2D eigenvalue weighted by Gasteiger charge is 2.28. The molecule has 1 heterocycles. The number of halogens is 1.